The number of aliphatic hydroxyl groups is 1. The van der Waals surface area contributed by atoms with Crippen molar-refractivity contribution in [1.29, 1.82) is 0 Å². The second kappa shape index (κ2) is 12.3. The van der Waals surface area contributed by atoms with Gasteiger partial charge in [0.2, 0.25) is 0 Å². The number of Topliss-reactive ketones (excluding diaryl/α,β-unsaturated/α-hetero) is 1. The highest BCUT2D eigenvalue weighted by Gasteiger charge is 2.48. The minimum Gasteiger partial charge on any atom is -0.507 e. The van der Waals surface area contributed by atoms with Gasteiger partial charge in [0.25, 0.3) is 5.78 Å². The summed E-state index contributed by atoms with van der Waals surface area (Å²) < 4.78 is 23.6. The normalized spacial score (nSPS) is 17.4. The Morgan fingerprint density at radius 3 is 2.49 bits per heavy atom. The van der Waals surface area contributed by atoms with Crippen molar-refractivity contribution >= 4 is 44.1 Å². The minimum absolute atomic E-state index is 0.0347. The third-order valence-corrected chi connectivity index (χ3v) is 8.36. The summed E-state index contributed by atoms with van der Waals surface area (Å²) in [5.41, 5.74) is 1.61. The summed E-state index contributed by atoms with van der Waals surface area (Å²) in [6.45, 7) is 5.97. The summed E-state index contributed by atoms with van der Waals surface area (Å²) in [5, 5.41) is 11.9. The van der Waals surface area contributed by atoms with Crippen LogP contribution in [0.25, 0.3) is 16.0 Å². The summed E-state index contributed by atoms with van der Waals surface area (Å²) in [6, 6.07) is 16.8. The standard InChI is InChI=1S/C33H32N2O7S/c1-3-5-6-15-40-22-10-7-20(8-11-22)29-28(30(36)21-9-14-25-26(18-21)42-17-16-41-25)31(37)32(38)35(29)33-34-24-13-12-23(39-4-2)19-27(24)43-33/h7-14,18-19,29,36H,3-6,15-17H2,1-2H3/b30-28+/t29-/m0/s1. The Morgan fingerprint density at radius 2 is 1.72 bits per heavy atom. The number of nitrogens with zero attached hydrogens (tertiary/aromatic N) is 2. The average molecular weight is 601 g/mol. The molecule has 0 aliphatic carbocycles. The molecule has 222 valence electrons. The van der Waals surface area contributed by atoms with Crippen LogP contribution in [0.15, 0.2) is 66.2 Å². The van der Waals surface area contributed by atoms with Gasteiger partial charge in [-0.15, -0.1) is 0 Å². The number of hydrogen-bond donors (Lipinski definition) is 1. The summed E-state index contributed by atoms with van der Waals surface area (Å²) in [4.78, 5) is 33.4. The van der Waals surface area contributed by atoms with E-state index in [9.17, 15) is 14.7 Å². The first kappa shape index (κ1) is 28.5. The van der Waals surface area contributed by atoms with Crippen molar-refractivity contribution < 1.29 is 33.6 Å². The van der Waals surface area contributed by atoms with Crippen LogP contribution in [-0.4, -0.2) is 48.2 Å². The molecule has 43 heavy (non-hydrogen) atoms. The van der Waals surface area contributed by atoms with Crippen LogP contribution in [0.5, 0.6) is 23.0 Å². The number of benzene rings is 3. The number of rotatable bonds is 10. The molecular formula is C33H32N2O7S. The van der Waals surface area contributed by atoms with Crippen LogP contribution >= 0.6 is 11.3 Å². The fraction of sp³-hybridized carbons (Fsp3) is 0.303. The number of hydrogen-bond acceptors (Lipinski definition) is 9. The lowest BCUT2D eigenvalue weighted by atomic mass is 9.95. The molecule has 0 radical (unpaired) electrons. The van der Waals surface area contributed by atoms with Gasteiger partial charge in [0.05, 0.1) is 35.0 Å². The minimum atomic E-state index is -0.922. The highest BCUT2D eigenvalue weighted by atomic mass is 32.1. The van der Waals surface area contributed by atoms with Crippen LogP contribution in [-0.2, 0) is 9.59 Å². The zero-order chi connectivity index (χ0) is 29.9. The monoisotopic (exact) mass is 600 g/mol. The Labute approximate surface area is 253 Å². The molecule has 10 heteroatoms. The van der Waals surface area contributed by atoms with E-state index in [4.69, 9.17) is 23.9 Å². The number of carbonyl (C=O) groups excluding carboxylic acids is 2. The van der Waals surface area contributed by atoms with Crippen molar-refractivity contribution in [1.82, 2.24) is 4.98 Å². The van der Waals surface area contributed by atoms with Crippen molar-refractivity contribution in [2.24, 2.45) is 0 Å². The van der Waals surface area contributed by atoms with E-state index in [0.29, 0.717) is 71.2 Å². The Balaban J connectivity index is 1.43. The molecule has 1 saturated heterocycles. The van der Waals surface area contributed by atoms with Crippen LogP contribution < -0.4 is 23.8 Å². The molecule has 2 aliphatic heterocycles. The largest absolute Gasteiger partial charge is 0.507 e. The summed E-state index contributed by atoms with van der Waals surface area (Å²) in [6.07, 6.45) is 3.14. The molecule has 3 aromatic carbocycles. The second-order valence-corrected chi connectivity index (χ2v) is 11.2. The molecule has 4 aromatic rings. The predicted octanol–water partition coefficient (Wildman–Crippen LogP) is 6.66. The lowest BCUT2D eigenvalue weighted by molar-refractivity contribution is -0.132. The number of carbonyl (C=O) groups is 2. The van der Waals surface area contributed by atoms with E-state index >= 15 is 0 Å². The van der Waals surface area contributed by atoms with Crippen LogP contribution in [0.3, 0.4) is 0 Å². The molecule has 3 heterocycles. The van der Waals surface area contributed by atoms with Gasteiger partial charge in [-0.2, -0.15) is 0 Å². The van der Waals surface area contributed by atoms with E-state index in [2.05, 4.69) is 6.92 Å². The average Bonchev–Trinajstić information content (AvgIpc) is 3.56. The predicted molar refractivity (Wildman–Crippen MR) is 164 cm³/mol. The van der Waals surface area contributed by atoms with Gasteiger partial charge in [0.15, 0.2) is 16.6 Å². The zero-order valence-corrected chi connectivity index (χ0v) is 24.8. The van der Waals surface area contributed by atoms with Gasteiger partial charge in [0.1, 0.15) is 30.5 Å². The number of ether oxygens (including phenoxy) is 4. The lowest BCUT2D eigenvalue weighted by Gasteiger charge is -2.23. The van der Waals surface area contributed by atoms with Crippen molar-refractivity contribution in [3.8, 4) is 23.0 Å². The lowest BCUT2D eigenvalue weighted by Crippen LogP contribution is -2.29. The van der Waals surface area contributed by atoms with Crippen LogP contribution in [0, 0.1) is 0 Å². The van der Waals surface area contributed by atoms with Crippen molar-refractivity contribution in [2.45, 2.75) is 39.2 Å². The third-order valence-electron chi connectivity index (χ3n) is 7.34. The third kappa shape index (κ3) is 5.62. The van der Waals surface area contributed by atoms with Gasteiger partial charge in [-0.05, 0) is 67.4 Å². The first-order chi connectivity index (χ1) is 21.0. The molecule has 1 atom stereocenters. The zero-order valence-electron chi connectivity index (χ0n) is 24.0. The smallest absolute Gasteiger partial charge is 0.301 e. The summed E-state index contributed by atoms with van der Waals surface area (Å²) in [7, 11) is 0. The van der Waals surface area contributed by atoms with Gasteiger partial charge in [0, 0.05) is 5.56 Å². The molecule has 1 fully saturated rings. The van der Waals surface area contributed by atoms with E-state index in [-0.39, 0.29) is 11.3 Å². The molecular weight excluding hydrogens is 568 g/mol. The summed E-state index contributed by atoms with van der Waals surface area (Å²) >= 11 is 1.28. The molecule has 1 amide bonds. The van der Waals surface area contributed by atoms with E-state index in [1.54, 1.807) is 18.2 Å². The van der Waals surface area contributed by atoms with E-state index < -0.39 is 17.7 Å². The maximum absolute atomic E-state index is 13.7. The number of thiazole rings is 1. The van der Waals surface area contributed by atoms with Gasteiger partial charge in [-0.1, -0.05) is 43.2 Å². The van der Waals surface area contributed by atoms with Gasteiger partial charge in [-0.25, -0.2) is 4.98 Å². The molecule has 1 N–H and O–H groups in total. The fourth-order valence-electron chi connectivity index (χ4n) is 5.23. The second-order valence-electron chi connectivity index (χ2n) is 10.2. The number of aliphatic hydroxyl groups excluding tert-OH is 1. The molecule has 2 aliphatic rings. The number of aromatic nitrogens is 1. The maximum Gasteiger partial charge on any atom is 0.301 e. The molecule has 1 aromatic heterocycles. The van der Waals surface area contributed by atoms with E-state index in [0.717, 1.165) is 24.0 Å². The van der Waals surface area contributed by atoms with Crippen molar-refractivity contribution in [2.75, 3.05) is 31.3 Å². The quantitative estimate of drug-likeness (QED) is 0.0932. The Morgan fingerprint density at radius 1 is 0.953 bits per heavy atom. The first-order valence-electron chi connectivity index (χ1n) is 14.5. The highest BCUT2D eigenvalue weighted by molar-refractivity contribution is 7.22. The number of anilines is 1. The van der Waals surface area contributed by atoms with Crippen LogP contribution in [0.4, 0.5) is 5.13 Å². The molecule has 0 unspecified atom stereocenters. The fourth-order valence-corrected chi connectivity index (χ4v) is 6.25. The molecule has 0 bridgehead atoms. The first-order valence-corrected chi connectivity index (χ1v) is 15.3. The van der Waals surface area contributed by atoms with Crippen LogP contribution in [0.1, 0.15) is 50.3 Å². The van der Waals surface area contributed by atoms with E-state index in [1.807, 2.05) is 49.4 Å². The maximum atomic E-state index is 13.7. The van der Waals surface area contributed by atoms with Crippen molar-refractivity contribution in [3.63, 3.8) is 0 Å². The Hall–Kier alpha value is -4.57. The highest BCUT2D eigenvalue weighted by Crippen LogP contribution is 2.45. The van der Waals surface area contributed by atoms with Gasteiger partial charge >= 0.3 is 5.91 Å². The molecule has 9 nitrogen and oxygen atoms in total. The van der Waals surface area contributed by atoms with Gasteiger partial charge < -0.3 is 24.1 Å². The number of amides is 1. The number of ketones is 1. The van der Waals surface area contributed by atoms with Gasteiger partial charge in [-0.3, -0.25) is 14.5 Å². The van der Waals surface area contributed by atoms with Crippen LogP contribution in [0.2, 0.25) is 0 Å². The van der Waals surface area contributed by atoms with Crippen molar-refractivity contribution in [3.05, 3.63) is 77.4 Å². The summed E-state index contributed by atoms with van der Waals surface area (Å²) in [5.74, 6) is 0.517. The van der Waals surface area contributed by atoms with E-state index in [1.165, 1.54) is 16.2 Å². The molecule has 0 saturated carbocycles. The Kier molecular flexibility index (Phi) is 8.20. The molecule has 6 rings (SSSR count). The SMILES string of the molecule is CCCCCOc1ccc([C@H]2/C(=C(\O)c3ccc4c(c3)OCCO4)C(=O)C(=O)N2c2nc3ccc(OCC)cc3s2)cc1. The number of unbranched alkanes of at least 4 members (excludes halogenated alkanes) is 2. The molecule has 0 spiro atoms. The Bertz CT molecular complexity index is 1700. The number of fused-ring (bicyclic) bond motifs is 2. The topological polar surface area (TPSA) is 107 Å².